The fraction of sp³-hybridized carbons (Fsp3) is 0.414. The van der Waals surface area contributed by atoms with Gasteiger partial charge in [-0.2, -0.15) is 0 Å². The lowest BCUT2D eigenvalue weighted by Gasteiger charge is -2.26. The second-order valence-electron chi connectivity index (χ2n) is 10.6. The van der Waals surface area contributed by atoms with Gasteiger partial charge in [-0.05, 0) is 56.1 Å². The van der Waals surface area contributed by atoms with Crippen molar-refractivity contribution in [2.45, 2.75) is 50.5 Å². The Balaban J connectivity index is 1.28. The van der Waals surface area contributed by atoms with E-state index in [-0.39, 0.29) is 23.0 Å². The first-order valence-corrected chi connectivity index (χ1v) is 13.5. The van der Waals surface area contributed by atoms with Gasteiger partial charge in [-0.15, -0.1) is 0 Å². The van der Waals surface area contributed by atoms with Crippen LogP contribution in [0.25, 0.3) is 5.57 Å². The van der Waals surface area contributed by atoms with Gasteiger partial charge in [0.15, 0.2) is 6.21 Å². The van der Waals surface area contributed by atoms with Crippen LogP contribution in [-0.2, 0) is 9.53 Å². The van der Waals surface area contributed by atoms with Crippen LogP contribution >= 0.6 is 0 Å². The third-order valence-corrected chi connectivity index (χ3v) is 8.03. The number of ether oxygens (including phenoxy) is 2. The molecular formula is C29H33N6O4+. The molecule has 10 nitrogen and oxygen atoms in total. The summed E-state index contributed by atoms with van der Waals surface area (Å²) in [6.45, 7) is 0.842. The zero-order chi connectivity index (χ0) is 27.0. The van der Waals surface area contributed by atoms with Gasteiger partial charge in [0.25, 0.3) is 5.91 Å². The van der Waals surface area contributed by atoms with Gasteiger partial charge in [-0.1, -0.05) is 16.8 Å². The minimum absolute atomic E-state index is 0.0267. The first-order chi connectivity index (χ1) is 19.0. The molecule has 6 rings (SSSR count). The number of anilines is 3. The standard InChI is InChI=1S/C29H32N6O4/c1-38-26-21(19-14-32-35(16-19)17-20-5-3-10-29(20)11-4-12-39-29)6-2-7-23(26)33-24-13-25(31-15-22(24)27(30)36)34-28(37)18-8-9-18/h2,6-7,13-18,20H,3-5,8-12H2,1H3,(H3-,30,31,33,34,36,37)/p+1/b35-17-/t20?,29-/m1/s1. The van der Waals surface area contributed by atoms with E-state index in [2.05, 4.69) is 26.9 Å². The highest BCUT2D eigenvalue weighted by Crippen LogP contribution is 2.45. The Morgan fingerprint density at radius 2 is 2.05 bits per heavy atom. The predicted octanol–water partition coefficient (Wildman–Crippen LogP) is 4.05. The molecule has 4 N–H and O–H groups in total. The summed E-state index contributed by atoms with van der Waals surface area (Å²) in [4.78, 5) is 28.6. The maximum absolute atomic E-state index is 12.2. The number of methoxy groups -OCH3 is 1. The van der Waals surface area contributed by atoms with Gasteiger partial charge in [0, 0.05) is 30.4 Å². The van der Waals surface area contributed by atoms with Crippen molar-refractivity contribution in [2.75, 3.05) is 24.4 Å². The molecule has 2 aliphatic heterocycles. The minimum Gasteiger partial charge on any atom is -0.494 e. The van der Waals surface area contributed by atoms with E-state index in [0.717, 1.165) is 56.3 Å². The largest absolute Gasteiger partial charge is 0.494 e. The SMILES string of the molecule is COc1c(Nc2cc(NC(=O)C3CC3)ncc2C(N)=O)cccc1C1=C/[N+](=C/C2CCC[C@@]23CCCO3)N=C1. The molecule has 2 amide bonds. The predicted molar refractivity (Wildman–Crippen MR) is 148 cm³/mol. The number of allylic oxidation sites excluding steroid dienone is 1. The third-order valence-electron chi connectivity index (χ3n) is 8.03. The van der Waals surface area contributed by atoms with E-state index in [1.807, 2.05) is 35.3 Å². The molecule has 1 saturated heterocycles. The number of amides is 2. The summed E-state index contributed by atoms with van der Waals surface area (Å²) in [5.74, 6) is 0.603. The number of nitrogens with two attached hydrogens (primary N) is 1. The third kappa shape index (κ3) is 5.04. The maximum atomic E-state index is 12.2. The number of benzene rings is 1. The minimum atomic E-state index is -0.632. The van der Waals surface area contributed by atoms with Crippen LogP contribution in [0.2, 0.25) is 0 Å². The van der Waals surface area contributed by atoms with E-state index in [4.69, 9.17) is 15.2 Å². The zero-order valence-corrected chi connectivity index (χ0v) is 22.0. The van der Waals surface area contributed by atoms with Crippen molar-refractivity contribution >= 4 is 47.0 Å². The van der Waals surface area contributed by atoms with Crippen molar-refractivity contribution in [1.29, 1.82) is 0 Å². The summed E-state index contributed by atoms with van der Waals surface area (Å²) in [5.41, 5.74) is 8.59. The molecule has 2 saturated carbocycles. The smallest absolute Gasteiger partial charge is 0.252 e. The fourth-order valence-electron chi connectivity index (χ4n) is 5.86. The molecule has 2 aromatic rings. The molecule has 202 valence electrons. The highest BCUT2D eigenvalue weighted by molar-refractivity contribution is 6.12. The highest BCUT2D eigenvalue weighted by Gasteiger charge is 2.47. The lowest BCUT2D eigenvalue weighted by molar-refractivity contribution is -0.455. The van der Waals surface area contributed by atoms with Crippen LogP contribution in [-0.4, -0.2) is 53.2 Å². The Kier molecular flexibility index (Phi) is 6.64. The van der Waals surface area contributed by atoms with Crippen LogP contribution in [0.4, 0.5) is 17.2 Å². The van der Waals surface area contributed by atoms with Gasteiger partial charge in [-0.3, -0.25) is 9.59 Å². The lowest BCUT2D eigenvalue weighted by atomic mass is 9.89. The molecule has 10 heteroatoms. The molecule has 0 radical (unpaired) electrons. The Morgan fingerprint density at radius 1 is 1.21 bits per heavy atom. The van der Waals surface area contributed by atoms with E-state index in [9.17, 15) is 9.59 Å². The number of aromatic nitrogens is 1. The molecule has 1 aromatic carbocycles. The van der Waals surface area contributed by atoms with Crippen LogP contribution in [0.15, 0.2) is 41.8 Å². The molecule has 2 aliphatic carbocycles. The average molecular weight is 530 g/mol. The topological polar surface area (TPSA) is 131 Å². The number of carbonyl (C=O) groups excluding carboxylic acids is 2. The van der Waals surface area contributed by atoms with Gasteiger partial charge >= 0.3 is 0 Å². The molecule has 3 heterocycles. The average Bonchev–Trinajstić information content (AvgIpc) is 3.30. The number of hydrazone groups is 1. The molecule has 2 atom stereocenters. The molecular weight excluding hydrogens is 496 g/mol. The van der Waals surface area contributed by atoms with Crippen molar-refractivity contribution in [1.82, 2.24) is 4.98 Å². The maximum Gasteiger partial charge on any atom is 0.252 e. The van der Waals surface area contributed by atoms with E-state index >= 15 is 0 Å². The van der Waals surface area contributed by atoms with Crippen molar-refractivity contribution in [2.24, 2.45) is 22.7 Å². The fourth-order valence-corrected chi connectivity index (χ4v) is 5.86. The summed E-state index contributed by atoms with van der Waals surface area (Å²) in [6.07, 6.45) is 14.7. The van der Waals surface area contributed by atoms with Gasteiger partial charge in [0.05, 0.1) is 41.1 Å². The number of hydrogen-bond acceptors (Lipinski definition) is 7. The highest BCUT2D eigenvalue weighted by atomic mass is 16.5. The summed E-state index contributed by atoms with van der Waals surface area (Å²) in [5, 5.41) is 10.7. The zero-order valence-electron chi connectivity index (χ0n) is 22.0. The van der Waals surface area contributed by atoms with E-state index in [1.165, 1.54) is 12.6 Å². The quantitative estimate of drug-likeness (QED) is 0.442. The summed E-state index contributed by atoms with van der Waals surface area (Å²) < 4.78 is 13.9. The van der Waals surface area contributed by atoms with E-state index in [0.29, 0.717) is 28.9 Å². The Hall–Kier alpha value is -4.05. The second-order valence-corrected chi connectivity index (χ2v) is 10.6. The van der Waals surface area contributed by atoms with E-state index in [1.54, 1.807) is 13.2 Å². The first-order valence-electron chi connectivity index (χ1n) is 13.5. The number of pyridine rings is 1. The van der Waals surface area contributed by atoms with Gasteiger partial charge in [0.2, 0.25) is 12.1 Å². The molecule has 39 heavy (non-hydrogen) atoms. The number of rotatable bonds is 8. The first kappa shape index (κ1) is 25.2. The number of para-hydroxylation sites is 1. The molecule has 1 unspecified atom stereocenters. The van der Waals surface area contributed by atoms with Crippen LogP contribution in [0.3, 0.4) is 0 Å². The molecule has 1 aromatic heterocycles. The van der Waals surface area contributed by atoms with Crippen LogP contribution in [0.1, 0.15) is 60.9 Å². The summed E-state index contributed by atoms with van der Waals surface area (Å²) in [7, 11) is 1.60. The Labute approximate surface area is 227 Å². The van der Waals surface area contributed by atoms with Crippen molar-refractivity contribution in [3.05, 3.63) is 47.8 Å². The Morgan fingerprint density at radius 3 is 2.79 bits per heavy atom. The Bertz CT molecular complexity index is 1400. The molecule has 4 aliphatic rings. The normalized spacial score (nSPS) is 24.8. The number of carbonyl (C=O) groups is 2. The monoisotopic (exact) mass is 529 g/mol. The molecule has 1 spiro atoms. The van der Waals surface area contributed by atoms with Crippen molar-refractivity contribution in [3.8, 4) is 5.75 Å². The van der Waals surface area contributed by atoms with Crippen LogP contribution in [0.5, 0.6) is 5.75 Å². The van der Waals surface area contributed by atoms with Gasteiger partial charge in [-0.25, -0.2) is 4.98 Å². The number of nitrogens with zero attached hydrogens (tertiary/aromatic N) is 3. The van der Waals surface area contributed by atoms with Gasteiger partial charge < -0.3 is 25.8 Å². The number of primary amides is 1. The van der Waals surface area contributed by atoms with Crippen LogP contribution < -0.4 is 21.1 Å². The molecule has 3 fully saturated rings. The second kappa shape index (κ2) is 10.3. The van der Waals surface area contributed by atoms with Crippen molar-refractivity contribution < 1.29 is 23.7 Å². The molecule has 0 bridgehead atoms. The lowest BCUT2D eigenvalue weighted by Crippen LogP contribution is -2.34. The summed E-state index contributed by atoms with van der Waals surface area (Å²) >= 11 is 0. The number of nitrogens with one attached hydrogen (secondary N) is 2. The van der Waals surface area contributed by atoms with Crippen LogP contribution in [0, 0.1) is 11.8 Å². The van der Waals surface area contributed by atoms with Crippen molar-refractivity contribution in [3.63, 3.8) is 0 Å². The van der Waals surface area contributed by atoms with E-state index < -0.39 is 5.91 Å². The number of hydrogen-bond donors (Lipinski definition) is 3. The summed E-state index contributed by atoms with van der Waals surface area (Å²) in [6, 6.07) is 7.33. The van der Waals surface area contributed by atoms with Gasteiger partial charge in [0.1, 0.15) is 17.8 Å².